The molecule has 0 aromatic carbocycles. The molecule has 1 aliphatic carbocycles. The SMILES string of the molecule is CN(C)S(=O)(=O)N(C)C1(C#N)CCCC1. The molecule has 86 valence electrons. The maximum absolute atomic E-state index is 11.9. The second-order valence-electron chi connectivity index (χ2n) is 4.11. The molecule has 0 unspecified atom stereocenters. The van der Waals surface area contributed by atoms with Gasteiger partial charge in [0.25, 0.3) is 10.2 Å². The predicted molar refractivity (Wildman–Crippen MR) is 57.2 cm³/mol. The highest BCUT2D eigenvalue weighted by Gasteiger charge is 2.44. The predicted octanol–water partition coefficient (Wildman–Crippen LogP) is 0.561. The summed E-state index contributed by atoms with van der Waals surface area (Å²) in [5.41, 5.74) is -0.830. The molecule has 0 atom stereocenters. The highest BCUT2D eigenvalue weighted by molar-refractivity contribution is 7.86. The summed E-state index contributed by atoms with van der Waals surface area (Å²) in [6, 6.07) is 2.16. The zero-order valence-corrected chi connectivity index (χ0v) is 10.2. The summed E-state index contributed by atoms with van der Waals surface area (Å²) in [5.74, 6) is 0. The smallest absolute Gasteiger partial charge is 0.196 e. The van der Waals surface area contributed by atoms with E-state index in [4.69, 9.17) is 5.26 Å². The summed E-state index contributed by atoms with van der Waals surface area (Å²) < 4.78 is 26.1. The van der Waals surface area contributed by atoms with Gasteiger partial charge in [0.1, 0.15) is 5.54 Å². The second-order valence-corrected chi connectivity index (χ2v) is 6.28. The lowest BCUT2D eigenvalue weighted by molar-refractivity contribution is 0.277. The molecule has 0 bridgehead atoms. The van der Waals surface area contributed by atoms with E-state index in [1.807, 2.05) is 0 Å². The zero-order valence-electron chi connectivity index (χ0n) is 9.39. The zero-order chi connectivity index (χ0) is 11.7. The van der Waals surface area contributed by atoms with Gasteiger partial charge in [-0.3, -0.25) is 0 Å². The van der Waals surface area contributed by atoms with Crippen LogP contribution in [0.1, 0.15) is 25.7 Å². The Bertz CT molecular complexity index is 363. The van der Waals surface area contributed by atoms with Crippen molar-refractivity contribution >= 4 is 10.2 Å². The normalized spacial score (nSPS) is 20.8. The first-order valence-electron chi connectivity index (χ1n) is 4.94. The van der Waals surface area contributed by atoms with Crippen molar-refractivity contribution in [1.82, 2.24) is 8.61 Å². The fourth-order valence-corrected chi connectivity index (χ4v) is 3.08. The van der Waals surface area contributed by atoms with E-state index in [1.54, 1.807) is 0 Å². The molecule has 0 heterocycles. The van der Waals surface area contributed by atoms with Crippen molar-refractivity contribution in [1.29, 1.82) is 5.26 Å². The van der Waals surface area contributed by atoms with Gasteiger partial charge in [-0.25, -0.2) is 0 Å². The standard InChI is InChI=1S/C9H17N3O2S/c1-11(2)15(13,14)12(3)9(8-10)6-4-5-7-9/h4-7H2,1-3H3. The van der Waals surface area contributed by atoms with Crippen molar-refractivity contribution in [3.8, 4) is 6.07 Å². The van der Waals surface area contributed by atoms with Crippen LogP contribution in [0.5, 0.6) is 0 Å². The van der Waals surface area contributed by atoms with Crippen LogP contribution < -0.4 is 0 Å². The first kappa shape index (κ1) is 12.4. The molecule has 1 saturated carbocycles. The third kappa shape index (κ3) is 2.00. The molecule has 0 N–H and O–H groups in total. The van der Waals surface area contributed by atoms with E-state index in [0.29, 0.717) is 12.8 Å². The minimum absolute atomic E-state index is 0.632. The molecule has 15 heavy (non-hydrogen) atoms. The van der Waals surface area contributed by atoms with Gasteiger partial charge in [-0.05, 0) is 12.8 Å². The first-order valence-corrected chi connectivity index (χ1v) is 6.34. The molecule has 5 nitrogen and oxygen atoms in total. The van der Waals surface area contributed by atoms with Crippen LogP contribution in [-0.2, 0) is 10.2 Å². The molecule has 1 fully saturated rings. The van der Waals surface area contributed by atoms with Crippen molar-refractivity contribution in [3.05, 3.63) is 0 Å². The average molecular weight is 231 g/mol. The lowest BCUT2D eigenvalue weighted by atomic mass is 10.0. The van der Waals surface area contributed by atoms with Crippen molar-refractivity contribution < 1.29 is 8.42 Å². The van der Waals surface area contributed by atoms with Crippen molar-refractivity contribution in [3.63, 3.8) is 0 Å². The fraction of sp³-hybridized carbons (Fsp3) is 0.889. The summed E-state index contributed by atoms with van der Waals surface area (Å²) in [6.45, 7) is 0. The van der Waals surface area contributed by atoms with Crippen LogP contribution in [-0.4, -0.2) is 43.7 Å². The van der Waals surface area contributed by atoms with Gasteiger partial charge in [0.2, 0.25) is 0 Å². The van der Waals surface area contributed by atoms with E-state index in [9.17, 15) is 8.42 Å². The minimum atomic E-state index is -3.49. The fourth-order valence-electron chi connectivity index (χ4n) is 1.92. The monoisotopic (exact) mass is 231 g/mol. The molecule has 0 aromatic rings. The summed E-state index contributed by atoms with van der Waals surface area (Å²) in [6.07, 6.45) is 3.10. The van der Waals surface area contributed by atoms with Gasteiger partial charge in [0.05, 0.1) is 6.07 Å². The number of hydrogen-bond donors (Lipinski definition) is 0. The maximum atomic E-state index is 11.9. The van der Waals surface area contributed by atoms with E-state index >= 15 is 0 Å². The molecule has 0 aromatic heterocycles. The Morgan fingerprint density at radius 1 is 1.20 bits per heavy atom. The van der Waals surface area contributed by atoms with Gasteiger partial charge in [-0.2, -0.15) is 22.3 Å². The Balaban J connectivity index is 3.03. The minimum Gasteiger partial charge on any atom is -0.196 e. The summed E-state index contributed by atoms with van der Waals surface area (Å²) in [4.78, 5) is 0. The van der Waals surface area contributed by atoms with Crippen molar-refractivity contribution in [2.75, 3.05) is 21.1 Å². The van der Waals surface area contributed by atoms with Crippen LogP contribution in [0, 0.1) is 11.3 Å². The molecule has 0 spiro atoms. The van der Waals surface area contributed by atoms with Crippen molar-refractivity contribution in [2.24, 2.45) is 0 Å². The highest BCUT2D eigenvalue weighted by atomic mass is 32.2. The van der Waals surface area contributed by atoms with Gasteiger partial charge in [0, 0.05) is 21.1 Å². The van der Waals surface area contributed by atoms with Crippen LogP contribution in [0.4, 0.5) is 0 Å². The summed E-state index contributed by atoms with van der Waals surface area (Å²) >= 11 is 0. The first-order chi connectivity index (χ1) is 6.87. The quantitative estimate of drug-likeness (QED) is 0.713. The molecule has 1 rings (SSSR count). The number of rotatable bonds is 3. The van der Waals surface area contributed by atoms with Crippen LogP contribution in [0.2, 0.25) is 0 Å². The lowest BCUT2D eigenvalue weighted by Gasteiger charge is -2.33. The van der Waals surface area contributed by atoms with E-state index in [0.717, 1.165) is 17.1 Å². The van der Waals surface area contributed by atoms with E-state index < -0.39 is 15.7 Å². The van der Waals surface area contributed by atoms with E-state index in [1.165, 1.54) is 25.4 Å². The molecule has 6 heteroatoms. The Labute approximate surface area is 91.5 Å². The van der Waals surface area contributed by atoms with Crippen LogP contribution >= 0.6 is 0 Å². The number of hydrogen-bond acceptors (Lipinski definition) is 3. The maximum Gasteiger partial charge on any atom is 0.282 e. The number of nitrogens with zero attached hydrogens (tertiary/aromatic N) is 3. The molecular weight excluding hydrogens is 214 g/mol. The molecule has 0 aliphatic heterocycles. The van der Waals surface area contributed by atoms with Crippen LogP contribution in [0.3, 0.4) is 0 Å². The highest BCUT2D eigenvalue weighted by Crippen LogP contribution is 2.35. The molecule has 0 saturated heterocycles. The topological polar surface area (TPSA) is 64.4 Å². The third-order valence-electron chi connectivity index (χ3n) is 3.05. The average Bonchev–Trinajstić information content (AvgIpc) is 2.65. The molecule has 0 radical (unpaired) electrons. The third-order valence-corrected chi connectivity index (χ3v) is 5.01. The van der Waals surface area contributed by atoms with Gasteiger partial charge in [-0.1, -0.05) is 12.8 Å². The van der Waals surface area contributed by atoms with Crippen molar-refractivity contribution in [2.45, 2.75) is 31.2 Å². The Morgan fingerprint density at radius 2 is 1.67 bits per heavy atom. The largest absolute Gasteiger partial charge is 0.282 e. The van der Waals surface area contributed by atoms with E-state index in [2.05, 4.69) is 6.07 Å². The van der Waals surface area contributed by atoms with Gasteiger partial charge in [-0.15, -0.1) is 0 Å². The van der Waals surface area contributed by atoms with Gasteiger partial charge < -0.3 is 0 Å². The Hall–Kier alpha value is -0.640. The molecule has 0 amide bonds. The molecular formula is C9H17N3O2S. The molecule has 1 aliphatic rings. The second kappa shape index (κ2) is 4.08. The van der Waals surface area contributed by atoms with Gasteiger partial charge >= 0.3 is 0 Å². The lowest BCUT2D eigenvalue weighted by Crippen LogP contribution is -2.50. The van der Waals surface area contributed by atoms with Crippen LogP contribution in [0.25, 0.3) is 0 Å². The summed E-state index contributed by atoms with van der Waals surface area (Å²) in [5, 5.41) is 9.16. The van der Waals surface area contributed by atoms with E-state index in [-0.39, 0.29) is 0 Å². The van der Waals surface area contributed by atoms with Gasteiger partial charge in [0.15, 0.2) is 0 Å². The summed E-state index contributed by atoms with van der Waals surface area (Å²) in [7, 11) is 0.959. The Kier molecular flexibility index (Phi) is 3.38. The Morgan fingerprint density at radius 3 is 2.00 bits per heavy atom. The van der Waals surface area contributed by atoms with Crippen LogP contribution in [0.15, 0.2) is 0 Å². The number of nitriles is 1.